The highest BCUT2D eigenvalue weighted by molar-refractivity contribution is 8.00. The topological polar surface area (TPSA) is 117 Å². The van der Waals surface area contributed by atoms with E-state index >= 15 is 0 Å². The second-order valence-corrected chi connectivity index (χ2v) is 12.5. The average Bonchev–Trinajstić information content (AvgIpc) is 3.58. The lowest BCUT2D eigenvalue weighted by Crippen LogP contribution is -2.58. The van der Waals surface area contributed by atoms with Crippen LogP contribution in [0.1, 0.15) is 37.0 Å². The fraction of sp³-hybridized carbons (Fsp3) is 0.500. The van der Waals surface area contributed by atoms with Gasteiger partial charge in [-0.1, -0.05) is 54.6 Å². The summed E-state index contributed by atoms with van der Waals surface area (Å²) in [6, 6.07) is 15.4. The number of hydrogen-bond donors (Lipinski definition) is 3. The van der Waals surface area contributed by atoms with Crippen molar-refractivity contribution in [2.24, 2.45) is 5.92 Å². The highest BCUT2D eigenvalue weighted by Gasteiger charge is 2.49. The zero-order chi connectivity index (χ0) is 28.7. The molecule has 0 saturated carbocycles. The Balaban J connectivity index is 1.46. The number of carbonyl (C=O) groups is 3. The minimum atomic E-state index is -1.58. The molecule has 2 aromatic carbocycles. The SMILES string of the molecule is Cc1ccccc1CNC(=O)[C@H]1N(C(=O)[C@@H](O)[C@H](Cc2ccccc2)NC(=O)OCC2CCOC2)CSC1(C)C. The number of amides is 3. The van der Waals surface area contributed by atoms with Gasteiger partial charge in [-0.15, -0.1) is 11.8 Å². The van der Waals surface area contributed by atoms with E-state index in [-0.39, 0.29) is 30.7 Å². The first-order valence-electron chi connectivity index (χ1n) is 13.7. The van der Waals surface area contributed by atoms with Gasteiger partial charge in [0.25, 0.3) is 5.91 Å². The van der Waals surface area contributed by atoms with E-state index in [1.165, 1.54) is 16.7 Å². The van der Waals surface area contributed by atoms with Gasteiger partial charge in [0.1, 0.15) is 6.04 Å². The van der Waals surface area contributed by atoms with Crippen LogP contribution in [0.4, 0.5) is 4.79 Å². The zero-order valence-electron chi connectivity index (χ0n) is 23.3. The molecule has 4 rings (SSSR count). The van der Waals surface area contributed by atoms with Gasteiger partial charge < -0.3 is 30.1 Å². The van der Waals surface area contributed by atoms with Crippen LogP contribution >= 0.6 is 11.8 Å². The Labute approximate surface area is 240 Å². The van der Waals surface area contributed by atoms with Crippen LogP contribution in [0.2, 0.25) is 0 Å². The lowest BCUT2D eigenvalue weighted by atomic mass is 9.97. The molecule has 216 valence electrons. The van der Waals surface area contributed by atoms with Crippen molar-refractivity contribution < 1.29 is 29.0 Å². The second-order valence-electron chi connectivity index (χ2n) is 10.9. The average molecular weight is 570 g/mol. The number of aliphatic hydroxyl groups excluding tert-OH is 1. The molecule has 3 amide bonds. The largest absolute Gasteiger partial charge is 0.449 e. The molecule has 0 aromatic heterocycles. The minimum Gasteiger partial charge on any atom is -0.449 e. The van der Waals surface area contributed by atoms with Crippen molar-refractivity contribution >= 4 is 29.7 Å². The summed E-state index contributed by atoms with van der Waals surface area (Å²) in [5.74, 6) is -0.521. The summed E-state index contributed by atoms with van der Waals surface area (Å²) in [6.07, 6.45) is -1.26. The smallest absolute Gasteiger partial charge is 0.407 e. The molecule has 2 saturated heterocycles. The second kappa shape index (κ2) is 13.5. The van der Waals surface area contributed by atoms with Crippen LogP contribution in [0.3, 0.4) is 0 Å². The molecule has 2 fully saturated rings. The summed E-state index contributed by atoms with van der Waals surface area (Å²) >= 11 is 1.48. The predicted molar refractivity (Wildman–Crippen MR) is 154 cm³/mol. The summed E-state index contributed by atoms with van der Waals surface area (Å²) in [5.41, 5.74) is 2.90. The number of alkyl carbamates (subject to hydrolysis) is 1. The maximum atomic E-state index is 13.7. The number of aryl methyl sites for hydroxylation is 1. The van der Waals surface area contributed by atoms with E-state index in [2.05, 4.69) is 10.6 Å². The minimum absolute atomic E-state index is 0.132. The van der Waals surface area contributed by atoms with Gasteiger partial charge in [-0.3, -0.25) is 9.59 Å². The fourth-order valence-electron chi connectivity index (χ4n) is 5.05. The van der Waals surface area contributed by atoms with E-state index < -0.39 is 34.9 Å². The van der Waals surface area contributed by atoms with E-state index in [0.717, 1.165) is 23.1 Å². The van der Waals surface area contributed by atoms with Crippen molar-refractivity contribution in [3.63, 3.8) is 0 Å². The lowest BCUT2D eigenvalue weighted by molar-refractivity contribution is -0.147. The molecular weight excluding hydrogens is 530 g/mol. The zero-order valence-corrected chi connectivity index (χ0v) is 24.1. The number of thioether (sulfide) groups is 1. The van der Waals surface area contributed by atoms with Crippen LogP contribution in [0.15, 0.2) is 54.6 Å². The molecule has 9 nitrogen and oxygen atoms in total. The first-order chi connectivity index (χ1) is 19.2. The number of nitrogens with one attached hydrogen (secondary N) is 2. The monoisotopic (exact) mass is 569 g/mol. The van der Waals surface area contributed by atoms with Crippen molar-refractivity contribution in [1.82, 2.24) is 15.5 Å². The molecular formula is C30H39N3O6S. The maximum absolute atomic E-state index is 13.7. The summed E-state index contributed by atoms with van der Waals surface area (Å²) in [6.45, 7) is 7.53. The Kier molecular flexibility index (Phi) is 10.1. The van der Waals surface area contributed by atoms with Gasteiger partial charge in [0.2, 0.25) is 5.91 Å². The molecule has 2 heterocycles. The molecule has 10 heteroatoms. The third-order valence-electron chi connectivity index (χ3n) is 7.50. The van der Waals surface area contributed by atoms with Crippen molar-refractivity contribution in [3.05, 3.63) is 71.3 Å². The number of ether oxygens (including phenoxy) is 2. The van der Waals surface area contributed by atoms with E-state index in [4.69, 9.17) is 9.47 Å². The van der Waals surface area contributed by atoms with Gasteiger partial charge in [0.15, 0.2) is 6.10 Å². The molecule has 1 unspecified atom stereocenters. The van der Waals surface area contributed by atoms with Crippen LogP contribution in [0.25, 0.3) is 0 Å². The van der Waals surface area contributed by atoms with Gasteiger partial charge in [-0.25, -0.2) is 4.79 Å². The molecule has 40 heavy (non-hydrogen) atoms. The standard InChI is InChI=1S/C30H39N3O6S/c1-20-9-7-8-12-23(20)16-31-27(35)26-30(2,3)40-19-33(26)28(36)25(34)24(15-21-10-5-4-6-11-21)32-29(37)39-18-22-13-14-38-17-22/h4-12,22,24-26,34H,13-19H2,1-3H3,(H,31,35)(H,32,37)/t22?,24-,25-,26+/m0/s1. The number of benzene rings is 2. The Bertz CT molecular complexity index is 1170. The first-order valence-corrected chi connectivity index (χ1v) is 14.6. The van der Waals surface area contributed by atoms with Crippen LogP contribution in [-0.2, 0) is 32.0 Å². The third-order valence-corrected chi connectivity index (χ3v) is 8.88. The van der Waals surface area contributed by atoms with Crippen molar-refractivity contribution in [1.29, 1.82) is 0 Å². The molecule has 0 bridgehead atoms. The van der Waals surface area contributed by atoms with Crippen molar-refractivity contribution in [2.75, 3.05) is 25.7 Å². The van der Waals surface area contributed by atoms with Gasteiger partial charge in [-0.05, 0) is 50.3 Å². The highest BCUT2D eigenvalue weighted by Crippen LogP contribution is 2.40. The van der Waals surface area contributed by atoms with Crippen LogP contribution in [0, 0.1) is 12.8 Å². The number of carbonyl (C=O) groups excluding carboxylic acids is 3. The first kappa shape index (κ1) is 29.9. The van der Waals surface area contributed by atoms with Gasteiger partial charge >= 0.3 is 6.09 Å². The Morgan fingerprint density at radius 1 is 1.15 bits per heavy atom. The fourth-order valence-corrected chi connectivity index (χ4v) is 6.19. The van der Waals surface area contributed by atoms with E-state index in [1.54, 1.807) is 0 Å². The maximum Gasteiger partial charge on any atom is 0.407 e. The van der Waals surface area contributed by atoms with Crippen molar-refractivity contribution in [2.45, 2.75) is 63.1 Å². The van der Waals surface area contributed by atoms with Gasteiger partial charge in [0.05, 0.1) is 25.1 Å². The molecule has 0 spiro atoms. The molecule has 2 aliphatic heterocycles. The van der Waals surface area contributed by atoms with E-state index in [1.807, 2.05) is 75.4 Å². The summed E-state index contributed by atoms with van der Waals surface area (Å²) < 4.78 is 10.2. The quantitative estimate of drug-likeness (QED) is 0.403. The molecule has 4 atom stereocenters. The molecule has 2 aromatic rings. The van der Waals surface area contributed by atoms with Crippen LogP contribution in [0.5, 0.6) is 0 Å². The number of nitrogens with zero attached hydrogens (tertiary/aromatic N) is 1. The normalized spacial score (nSPS) is 21.4. The molecule has 2 aliphatic rings. The third kappa shape index (κ3) is 7.56. The van der Waals surface area contributed by atoms with Crippen molar-refractivity contribution in [3.8, 4) is 0 Å². The number of aliphatic hydroxyl groups is 1. The van der Waals surface area contributed by atoms with Crippen LogP contribution < -0.4 is 10.6 Å². The predicted octanol–water partition coefficient (Wildman–Crippen LogP) is 3.03. The highest BCUT2D eigenvalue weighted by atomic mass is 32.2. The van der Waals surface area contributed by atoms with Gasteiger partial charge in [-0.2, -0.15) is 0 Å². The summed E-state index contributed by atoms with van der Waals surface area (Å²) in [7, 11) is 0. The number of hydrogen-bond acceptors (Lipinski definition) is 7. The molecule has 0 radical (unpaired) electrons. The molecule has 0 aliphatic carbocycles. The van der Waals surface area contributed by atoms with E-state index in [0.29, 0.717) is 19.8 Å². The van der Waals surface area contributed by atoms with E-state index in [9.17, 15) is 19.5 Å². The van der Waals surface area contributed by atoms with Crippen LogP contribution in [-0.4, -0.2) is 76.5 Å². The number of rotatable bonds is 10. The Morgan fingerprint density at radius 3 is 2.58 bits per heavy atom. The Hall–Kier alpha value is -3.08. The summed E-state index contributed by atoms with van der Waals surface area (Å²) in [5, 5.41) is 17.0. The molecule has 3 N–H and O–H groups in total. The lowest BCUT2D eigenvalue weighted by Gasteiger charge is -2.33. The van der Waals surface area contributed by atoms with Gasteiger partial charge in [0, 0.05) is 23.8 Å². The summed E-state index contributed by atoms with van der Waals surface area (Å²) in [4.78, 5) is 41.3. The Morgan fingerprint density at radius 2 is 1.88 bits per heavy atom.